The van der Waals surface area contributed by atoms with Crippen molar-refractivity contribution in [3.63, 3.8) is 0 Å². The minimum atomic E-state index is -0.262. The molecule has 2 unspecified atom stereocenters. The Morgan fingerprint density at radius 1 is 1.08 bits per heavy atom. The van der Waals surface area contributed by atoms with Gasteiger partial charge in [-0.15, -0.1) is 0 Å². The lowest BCUT2D eigenvalue weighted by atomic mass is 9.97. The van der Waals surface area contributed by atoms with Crippen LogP contribution in [-0.4, -0.2) is 18.3 Å². The summed E-state index contributed by atoms with van der Waals surface area (Å²) in [5.74, 6) is 0.0427. The van der Waals surface area contributed by atoms with Crippen LogP contribution >= 0.6 is 0 Å². The van der Waals surface area contributed by atoms with Crippen molar-refractivity contribution in [2.75, 3.05) is 0 Å². The van der Waals surface area contributed by atoms with Gasteiger partial charge in [-0.25, -0.2) is 4.79 Å². The molecule has 0 aliphatic heterocycles. The number of nitrogens with zero attached hydrogens (tertiary/aromatic N) is 1. The van der Waals surface area contributed by atoms with Crippen molar-refractivity contribution in [2.45, 2.75) is 45.6 Å². The maximum absolute atomic E-state index is 12.2. The third-order valence-corrected chi connectivity index (χ3v) is 4.07. The zero-order chi connectivity index (χ0) is 17.9. The minimum Gasteiger partial charge on any atom is -0.459 e. The molecule has 0 bridgehead atoms. The summed E-state index contributed by atoms with van der Waals surface area (Å²) in [7, 11) is 0. The third-order valence-electron chi connectivity index (χ3n) is 4.07. The van der Waals surface area contributed by atoms with Crippen LogP contribution in [0.15, 0.2) is 65.7 Å². The van der Waals surface area contributed by atoms with Crippen LogP contribution in [-0.2, 0) is 4.74 Å². The number of hydrogen-bond acceptors (Lipinski definition) is 3. The van der Waals surface area contributed by atoms with E-state index in [2.05, 4.69) is 11.9 Å². The van der Waals surface area contributed by atoms with Crippen LogP contribution in [0.1, 0.15) is 49.9 Å². The molecule has 2 rings (SSSR count). The maximum atomic E-state index is 12.2. The third kappa shape index (κ3) is 6.92. The van der Waals surface area contributed by atoms with Crippen molar-refractivity contribution < 1.29 is 9.53 Å². The molecular formula is C22H27NO2. The van der Waals surface area contributed by atoms with Crippen LogP contribution in [0.3, 0.4) is 0 Å². The largest absolute Gasteiger partial charge is 0.459 e. The number of carbonyl (C=O) groups excluding carboxylic acids is 1. The fourth-order valence-electron chi connectivity index (χ4n) is 2.72. The van der Waals surface area contributed by atoms with Gasteiger partial charge in [0.2, 0.25) is 0 Å². The molecule has 132 valence electrons. The van der Waals surface area contributed by atoms with Crippen molar-refractivity contribution >= 4 is 17.9 Å². The molecule has 2 aromatic carbocycles. The number of hydrogen-bond donors (Lipinski definition) is 0. The molecule has 0 N–H and O–H groups in total. The quantitative estimate of drug-likeness (QED) is 0.426. The second kappa shape index (κ2) is 10.4. The standard InChI is InChI=1S/C22H27NO2/c1-3-4-11-19(17-23-21-14-9-6-10-15-21)16-18(2)25-22(24)20-12-7-5-8-13-20/h5-10,12-15,17-19H,3-4,11,16H2,1-2H3. The average molecular weight is 337 g/mol. The predicted octanol–water partition coefficient (Wildman–Crippen LogP) is 5.83. The first-order chi connectivity index (χ1) is 12.2. The molecule has 2 atom stereocenters. The van der Waals surface area contributed by atoms with E-state index < -0.39 is 0 Å². The number of rotatable bonds is 9. The van der Waals surface area contributed by atoms with Crippen molar-refractivity contribution in [1.29, 1.82) is 0 Å². The lowest BCUT2D eigenvalue weighted by Crippen LogP contribution is -2.19. The van der Waals surface area contributed by atoms with Gasteiger partial charge in [-0.05, 0) is 49.9 Å². The molecule has 3 nitrogen and oxygen atoms in total. The number of aliphatic imine (C=N–C) groups is 1. The summed E-state index contributed by atoms with van der Waals surface area (Å²) in [6.07, 6.45) is 6.00. The van der Waals surface area contributed by atoms with Gasteiger partial charge in [0, 0.05) is 6.21 Å². The highest BCUT2D eigenvalue weighted by Gasteiger charge is 2.16. The van der Waals surface area contributed by atoms with E-state index in [4.69, 9.17) is 4.74 Å². The van der Waals surface area contributed by atoms with E-state index in [0.717, 1.165) is 31.4 Å². The number of esters is 1. The zero-order valence-corrected chi connectivity index (χ0v) is 15.1. The number of carbonyl (C=O) groups is 1. The molecule has 3 heteroatoms. The van der Waals surface area contributed by atoms with Crippen molar-refractivity contribution in [1.82, 2.24) is 0 Å². The van der Waals surface area contributed by atoms with E-state index in [0.29, 0.717) is 11.5 Å². The second-order valence-corrected chi connectivity index (χ2v) is 6.33. The zero-order valence-electron chi connectivity index (χ0n) is 15.1. The molecule has 0 saturated carbocycles. The monoisotopic (exact) mass is 337 g/mol. The van der Waals surface area contributed by atoms with Gasteiger partial charge in [-0.2, -0.15) is 0 Å². The lowest BCUT2D eigenvalue weighted by molar-refractivity contribution is 0.0305. The lowest BCUT2D eigenvalue weighted by Gasteiger charge is -2.18. The van der Waals surface area contributed by atoms with Gasteiger partial charge < -0.3 is 4.74 Å². The highest BCUT2D eigenvalue weighted by atomic mass is 16.5. The normalized spacial score (nSPS) is 13.5. The van der Waals surface area contributed by atoms with Gasteiger partial charge in [-0.3, -0.25) is 4.99 Å². The number of para-hydroxylation sites is 1. The van der Waals surface area contributed by atoms with Gasteiger partial charge in [0.1, 0.15) is 0 Å². The summed E-state index contributed by atoms with van der Waals surface area (Å²) < 4.78 is 5.60. The summed E-state index contributed by atoms with van der Waals surface area (Å²) in [5.41, 5.74) is 1.55. The first-order valence-corrected chi connectivity index (χ1v) is 9.04. The Labute approximate surface area is 150 Å². The molecule has 2 aromatic rings. The van der Waals surface area contributed by atoms with E-state index >= 15 is 0 Å². The van der Waals surface area contributed by atoms with Crippen LogP contribution in [0, 0.1) is 5.92 Å². The van der Waals surface area contributed by atoms with Crippen LogP contribution in [0.5, 0.6) is 0 Å². The van der Waals surface area contributed by atoms with E-state index in [1.54, 1.807) is 12.1 Å². The van der Waals surface area contributed by atoms with Gasteiger partial charge in [0.15, 0.2) is 0 Å². The smallest absolute Gasteiger partial charge is 0.338 e. The predicted molar refractivity (Wildman–Crippen MR) is 104 cm³/mol. The SMILES string of the molecule is CCCCC(C=Nc1ccccc1)CC(C)OC(=O)c1ccccc1. The van der Waals surface area contributed by atoms with Crippen LogP contribution in [0.25, 0.3) is 0 Å². The van der Waals surface area contributed by atoms with Gasteiger partial charge in [0.25, 0.3) is 0 Å². The Morgan fingerprint density at radius 2 is 1.72 bits per heavy atom. The first-order valence-electron chi connectivity index (χ1n) is 9.04. The Balaban J connectivity index is 1.93. The van der Waals surface area contributed by atoms with Crippen LogP contribution < -0.4 is 0 Å². The molecular weight excluding hydrogens is 310 g/mol. The topological polar surface area (TPSA) is 38.7 Å². The second-order valence-electron chi connectivity index (χ2n) is 6.33. The van der Waals surface area contributed by atoms with E-state index in [-0.39, 0.29) is 12.1 Å². The molecule has 0 aromatic heterocycles. The highest BCUT2D eigenvalue weighted by Crippen LogP contribution is 2.18. The van der Waals surface area contributed by atoms with Crippen LogP contribution in [0.4, 0.5) is 5.69 Å². The van der Waals surface area contributed by atoms with E-state index in [9.17, 15) is 4.79 Å². The van der Waals surface area contributed by atoms with Gasteiger partial charge >= 0.3 is 5.97 Å². The summed E-state index contributed by atoms with van der Waals surface area (Å²) >= 11 is 0. The van der Waals surface area contributed by atoms with Crippen molar-refractivity contribution in [3.8, 4) is 0 Å². The molecule has 0 spiro atoms. The molecule has 0 radical (unpaired) electrons. The first kappa shape index (κ1) is 18.9. The summed E-state index contributed by atoms with van der Waals surface area (Å²) in [6.45, 7) is 4.14. The molecule has 0 heterocycles. The van der Waals surface area contributed by atoms with Crippen molar-refractivity contribution in [2.24, 2.45) is 10.9 Å². The Morgan fingerprint density at radius 3 is 2.36 bits per heavy atom. The molecule has 25 heavy (non-hydrogen) atoms. The fraction of sp³-hybridized carbons (Fsp3) is 0.364. The van der Waals surface area contributed by atoms with Crippen LogP contribution in [0.2, 0.25) is 0 Å². The molecule has 0 fully saturated rings. The Bertz CT molecular complexity index is 652. The Kier molecular flexibility index (Phi) is 7.90. The summed E-state index contributed by atoms with van der Waals surface area (Å²) in [5, 5.41) is 0. The number of benzene rings is 2. The number of unbranched alkanes of at least 4 members (excludes halogenated alkanes) is 1. The van der Waals surface area contributed by atoms with Gasteiger partial charge in [0.05, 0.1) is 17.4 Å². The average Bonchev–Trinajstić information content (AvgIpc) is 2.65. The van der Waals surface area contributed by atoms with Gasteiger partial charge in [-0.1, -0.05) is 56.2 Å². The molecule has 0 saturated heterocycles. The molecule has 0 amide bonds. The minimum absolute atomic E-state index is 0.142. The van der Waals surface area contributed by atoms with Crippen molar-refractivity contribution in [3.05, 3.63) is 66.2 Å². The summed E-state index contributed by atoms with van der Waals surface area (Å²) in [4.78, 5) is 16.8. The highest BCUT2D eigenvalue weighted by molar-refractivity contribution is 5.89. The fourth-order valence-corrected chi connectivity index (χ4v) is 2.72. The van der Waals surface area contributed by atoms with E-state index in [1.165, 1.54) is 0 Å². The summed E-state index contributed by atoms with van der Waals surface area (Å²) in [6, 6.07) is 19.1. The molecule has 0 aliphatic carbocycles. The number of ether oxygens (including phenoxy) is 1. The Hall–Kier alpha value is -2.42. The maximum Gasteiger partial charge on any atom is 0.338 e. The van der Waals surface area contributed by atoms with E-state index in [1.807, 2.05) is 61.7 Å². The molecule has 0 aliphatic rings.